The van der Waals surface area contributed by atoms with E-state index in [9.17, 15) is 18.9 Å². The number of nitrogens with zero attached hydrogens (tertiary/aromatic N) is 6. The molecule has 2 atom stereocenters. The summed E-state index contributed by atoms with van der Waals surface area (Å²) in [5, 5.41) is 19.5. The van der Waals surface area contributed by atoms with Crippen molar-refractivity contribution in [2.75, 3.05) is 24.4 Å². The lowest BCUT2D eigenvalue weighted by molar-refractivity contribution is 0.0544. The van der Waals surface area contributed by atoms with Crippen LogP contribution in [0.1, 0.15) is 88.6 Å². The van der Waals surface area contributed by atoms with E-state index in [-0.39, 0.29) is 23.9 Å². The first-order valence-corrected chi connectivity index (χ1v) is 17.9. The van der Waals surface area contributed by atoms with Gasteiger partial charge in [0.1, 0.15) is 4.90 Å². The van der Waals surface area contributed by atoms with Crippen LogP contribution in [0.4, 0.5) is 5.69 Å². The number of aromatic nitrogens is 4. The molecule has 0 bridgehead atoms. The summed E-state index contributed by atoms with van der Waals surface area (Å²) in [6.45, 7) is 11.2. The second kappa shape index (κ2) is 16.4. The van der Waals surface area contributed by atoms with Crippen molar-refractivity contribution < 1.29 is 24.4 Å². The van der Waals surface area contributed by atoms with Crippen LogP contribution >= 0.6 is 0 Å². The molecule has 0 spiro atoms. The molecule has 1 aliphatic rings. The maximum atomic E-state index is 14.6. The molecule has 1 aliphatic heterocycles. The lowest BCUT2D eigenvalue weighted by Crippen LogP contribution is -2.46. The van der Waals surface area contributed by atoms with Crippen molar-refractivity contribution in [3.8, 4) is 5.69 Å². The number of fused-ring (bicyclic) bond motifs is 1. The van der Waals surface area contributed by atoms with Gasteiger partial charge in [-0.05, 0) is 75.4 Å². The molecule has 0 aliphatic carbocycles. The zero-order valence-electron chi connectivity index (χ0n) is 29.3. The topological polar surface area (TPSA) is 157 Å². The van der Waals surface area contributed by atoms with Crippen molar-refractivity contribution in [3.05, 3.63) is 88.0 Å². The van der Waals surface area contributed by atoms with Crippen LogP contribution in [0.15, 0.2) is 53.4 Å². The number of unbranched alkanes of at least 4 members (excludes halogenated alkanes) is 2. The maximum absolute atomic E-state index is 14.6. The lowest BCUT2D eigenvalue weighted by Gasteiger charge is -2.36. The Morgan fingerprint density at radius 1 is 1.00 bits per heavy atom. The van der Waals surface area contributed by atoms with E-state index in [4.69, 9.17) is 5.10 Å². The molecule has 12 nitrogen and oxygen atoms in total. The van der Waals surface area contributed by atoms with Crippen LogP contribution in [0.5, 0.6) is 0 Å². The van der Waals surface area contributed by atoms with E-state index in [1.54, 1.807) is 45.6 Å². The van der Waals surface area contributed by atoms with E-state index >= 15 is 0 Å². The Kier molecular flexibility index (Phi) is 12.5. The van der Waals surface area contributed by atoms with Crippen LogP contribution < -0.4 is 4.72 Å². The number of carbonyl (C=O) groups excluding carboxylic acids is 2. The van der Waals surface area contributed by atoms with E-state index in [2.05, 4.69) is 23.7 Å². The van der Waals surface area contributed by atoms with Gasteiger partial charge in [0.15, 0.2) is 16.7 Å². The van der Waals surface area contributed by atoms with Crippen LogP contribution in [-0.2, 0) is 31.0 Å². The molecular formula is C36H49N7O5S. The van der Waals surface area contributed by atoms with Gasteiger partial charge in [0.2, 0.25) is 0 Å². The van der Waals surface area contributed by atoms with E-state index in [1.165, 1.54) is 0 Å². The first-order chi connectivity index (χ1) is 23.1. The molecule has 264 valence electrons. The molecule has 0 radical (unpaired) electrons. The number of aliphatic hydroxyl groups is 1. The maximum Gasteiger partial charge on any atom is 0.274 e. The summed E-state index contributed by atoms with van der Waals surface area (Å²) in [7, 11) is 0.166. The van der Waals surface area contributed by atoms with Gasteiger partial charge in [0, 0.05) is 38.1 Å². The highest BCUT2D eigenvalue weighted by Crippen LogP contribution is 2.30. The average molecular weight is 692 g/mol. The first-order valence-electron chi connectivity index (χ1n) is 16.7. The number of aliphatic hydroxyl groups excluding tert-OH is 1. The zero-order chi connectivity index (χ0) is 34.5. The van der Waals surface area contributed by atoms with Crippen molar-refractivity contribution in [3.63, 3.8) is 0 Å². The smallest absolute Gasteiger partial charge is 0.274 e. The minimum absolute atomic E-state index is 0. The predicted molar refractivity (Wildman–Crippen MR) is 191 cm³/mol. The summed E-state index contributed by atoms with van der Waals surface area (Å²) in [5.74, 6) is -0.424. The second-order valence-electron chi connectivity index (χ2n) is 12.6. The Balaban J connectivity index is 0.00000541. The number of anilines is 1. The third kappa shape index (κ3) is 7.95. The van der Waals surface area contributed by atoms with Gasteiger partial charge in [0.25, 0.3) is 11.8 Å². The molecule has 3 heterocycles. The molecule has 0 saturated heterocycles. The third-order valence-corrected chi connectivity index (χ3v) is 10.5. The fourth-order valence-electron chi connectivity index (χ4n) is 6.28. The molecular weight excluding hydrogens is 643 g/mol. The van der Waals surface area contributed by atoms with Crippen molar-refractivity contribution in [2.45, 2.75) is 84.2 Å². The second-order valence-corrected chi connectivity index (χ2v) is 13.7. The van der Waals surface area contributed by atoms with Crippen LogP contribution in [0.2, 0.25) is 0 Å². The summed E-state index contributed by atoms with van der Waals surface area (Å²) in [5.41, 5.74) is 5.87. The van der Waals surface area contributed by atoms with Gasteiger partial charge in [-0.15, -0.1) is 0 Å². The molecule has 2 aromatic carbocycles. The summed E-state index contributed by atoms with van der Waals surface area (Å²) in [6, 6.07) is 14.5. The molecule has 2 aromatic heterocycles. The van der Waals surface area contributed by atoms with Crippen molar-refractivity contribution >= 4 is 28.5 Å². The molecule has 1 unspecified atom stereocenters. The fourth-order valence-corrected chi connectivity index (χ4v) is 7.43. The molecule has 0 fully saturated rings. The summed E-state index contributed by atoms with van der Waals surface area (Å²) >= 11 is 0. The number of nitrogens with one attached hydrogen (secondary N) is 1. The molecule has 0 saturated carbocycles. The van der Waals surface area contributed by atoms with Gasteiger partial charge in [-0.3, -0.25) is 14.3 Å². The van der Waals surface area contributed by atoms with E-state index < -0.39 is 17.0 Å². The number of hydrogen-bond acceptors (Lipinski definition) is 6. The predicted octanol–water partition coefficient (Wildman–Crippen LogP) is 4.44. The monoisotopic (exact) mass is 691 g/mol. The Bertz CT molecular complexity index is 1810. The Labute approximate surface area is 291 Å². The first kappa shape index (κ1) is 37.5. The Hall–Kier alpha value is -4.33. The summed E-state index contributed by atoms with van der Waals surface area (Å²) in [4.78, 5) is 32.4. The highest BCUT2D eigenvalue weighted by Gasteiger charge is 2.32. The normalized spacial score (nSPS) is 14.6. The van der Waals surface area contributed by atoms with Crippen LogP contribution in [-0.4, -0.2) is 81.7 Å². The van der Waals surface area contributed by atoms with E-state index in [0.717, 1.165) is 42.5 Å². The van der Waals surface area contributed by atoms with Crippen molar-refractivity contribution in [1.82, 2.24) is 29.4 Å². The van der Waals surface area contributed by atoms with Crippen molar-refractivity contribution in [2.24, 2.45) is 7.05 Å². The van der Waals surface area contributed by atoms with E-state index in [1.807, 2.05) is 49.9 Å². The number of aryl methyl sites for hydroxylation is 3. The molecule has 13 heteroatoms. The minimum Gasteiger partial charge on any atom is -0.412 e. The minimum atomic E-state index is -1.64. The third-order valence-electron chi connectivity index (χ3n) is 9.08. The highest BCUT2D eigenvalue weighted by molar-refractivity contribution is 7.86. The molecule has 4 aromatic rings. The van der Waals surface area contributed by atoms with Gasteiger partial charge in [-0.1, -0.05) is 51.0 Å². The number of benzene rings is 2. The molecule has 49 heavy (non-hydrogen) atoms. The molecule has 5 rings (SSSR count). The van der Waals surface area contributed by atoms with Crippen LogP contribution in [0.3, 0.4) is 0 Å². The quantitative estimate of drug-likeness (QED) is 0.211. The van der Waals surface area contributed by atoms with E-state index in [0.29, 0.717) is 65.0 Å². The largest absolute Gasteiger partial charge is 0.412 e. The van der Waals surface area contributed by atoms with Crippen LogP contribution in [0.25, 0.3) is 5.69 Å². The Morgan fingerprint density at radius 2 is 1.67 bits per heavy atom. The van der Waals surface area contributed by atoms with Gasteiger partial charge in [0.05, 0.1) is 35.3 Å². The SMILES string of the molecule is CCCCN(CCCC)C(=O)c1cc(C)n(-c2ccc(NS(=O)c3c(C)nn(C)c3C)cc2C(=O)N2Cc3ccccc3C[C@H]2CO)n1.O. The number of amides is 2. The summed E-state index contributed by atoms with van der Waals surface area (Å²) < 4.78 is 19.9. The molecule has 4 N–H and O–H groups in total. The highest BCUT2D eigenvalue weighted by atomic mass is 32.2. The van der Waals surface area contributed by atoms with Crippen LogP contribution in [0, 0.1) is 20.8 Å². The lowest BCUT2D eigenvalue weighted by atomic mass is 9.93. The van der Waals surface area contributed by atoms with Gasteiger partial charge in [-0.25, -0.2) is 8.89 Å². The average Bonchev–Trinajstić information content (AvgIpc) is 3.59. The van der Waals surface area contributed by atoms with Gasteiger partial charge in [-0.2, -0.15) is 10.2 Å². The summed E-state index contributed by atoms with van der Waals surface area (Å²) in [6.07, 6.45) is 4.31. The Morgan fingerprint density at radius 3 is 2.29 bits per heavy atom. The van der Waals surface area contributed by atoms with Gasteiger partial charge < -0.3 is 25.1 Å². The van der Waals surface area contributed by atoms with Gasteiger partial charge >= 0.3 is 0 Å². The standard InChI is InChI=1S/C36H47N7O4S.H2O/c1-7-9-17-41(18-10-8-2)36(46)32-19-24(3)43(38-32)33-16-15-29(39-48(47)34-25(4)37-40(6)26(34)5)21-31(33)35(45)42-22-28-14-12-11-13-27(28)20-30(42)23-44;/h11-16,19,21,30,39,44H,7-10,17-18,20,22-23H2,1-6H3;1H2/t30-,48?;/m0./s1. The number of carbonyl (C=O) groups is 2. The molecule has 2 amide bonds. The zero-order valence-corrected chi connectivity index (χ0v) is 30.1. The number of rotatable bonds is 13. The fraction of sp³-hybridized carbons (Fsp3) is 0.444. The number of hydrogen-bond donors (Lipinski definition) is 2. The van der Waals surface area contributed by atoms with Crippen molar-refractivity contribution in [1.29, 1.82) is 0 Å².